The summed E-state index contributed by atoms with van der Waals surface area (Å²) < 4.78 is 1.75. The summed E-state index contributed by atoms with van der Waals surface area (Å²) in [5.74, 6) is 2.25. The normalized spacial score (nSPS) is 14.8. The molecular weight excluding hydrogens is 388 g/mol. The fourth-order valence-corrected chi connectivity index (χ4v) is 3.91. The zero-order valence-electron chi connectivity index (χ0n) is 18.0. The minimum absolute atomic E-state index is 0.0701. The van der Waals surface area contributed by atoms with Crippen molar-refractivity contribution in [3.05, 3.63) is 71.8 Å². The van der Waals surface area contributed by atoms with Gasteiger partial charge in [-0.25, -0.2) is 9.97 Å². The van der Waals surface area contributed by atoms with Gasteiger partial charge in [-0.2, -0.15) is 5.10 Å². The minimum Gasteiger partial charge on any atom is -0.339 e. The van der Waals surface area contributed by atoms with Crippen molar-refractivity contribution < 1.29 is 4.79 Å². The van der Waals surface area contributed by atoms with Gasteiger partial charge in [0.15, 0.2) is 0 Å². The molecule has 160 valence electrons. The van der Waals surface area contributed by atoms with E-state index in [1.807, 2.05) is 55.4 Å². The topological polar surface area (TPSA) is 75.9 Å². The van der Waals surface area contributed by atoms with Gasteiger partial charge in [0.25, 0.3) is 0 Å². The zero-order chi connectivity index (χ0) is 21.6. The van der Waals surface area contributed by atoms with Crippen LogP contribution in [0.15, 0.2) is 54.9 Å². The molecule has 0 bridgehead atoms. The van der Waals surface area contributed by atoms with Gasteiger partial charge >= 0.3 is 0 Å². The molecule has 7 heteroatoms. The summed E-state index contributed by atoms with van der Waals surface area (Å²) in [6.07, 6.45) is 10.1. The lowest BCUT2D eigenvalue weighted by molar-refractivity contribution is -0.127. The highest BCUT2D eigenvalue weighted by Crippen LogP contribution is 2.23. The molecule has 0 atom stereocenters. The summed E-state index contributed by atoms with van der Waals surface area (Å²) in [7, 11) is 1.87. The average molecular weight is 417 g/mol. The lowest BCUT2D eigenvalue weighted by atomic mass is 9.90. The lowest BCUT2D eigenvalue weighted by Gasteiger charge is -2.31. The van der Waals surface area contributed by atoms with Crippen LogP contribution in [0.1, 0.15) is 29.8 Å². The Morgan fingerprint density at radius 3 is 2.74 bits per heavy atom. The van der Waals surface area contributed by atoms with Crippen LogP contribution in [0.5, 0.6) is 0 Å². The van der Waals surface area contributed by atoms with E-state index in [1.165, 1.54) is 5.56 Å². The smallest absolute Gasteiger partial charge is 0.246 e. The van der Waals surface area contributed by atoms with Crippen molar-refractivity contribution in [3.8, 4) is 0 Å². The number of pyridine rings is 2. The number of hydrogen-bond donors (Lipinski definition) is 1. The Morgan fingerprint density at radius 2 is 2.00 bits per heavy atom. The molecule has 1 amide bonds. The highest BCUT2D eigenvalue weighted by molar-refractivity contribution is 5.91. The first kappa shape index (κ1) is 20.8. The molecule has 4 heterocycles. The van der Waals surface area contributed by atoms with Gasteiger partial charge in [-0.3, -0.25) is 9.48 Å². The van der Waals surface area contributed by atoms with Gasteiger partial charge in [0.05, 0.1) is 5.69 Å². The van der Waals surface area contributed by atoms with Crippen molar-refractivity contribution in [1.29, 1.82) is 0 Å². The number of aryl methyl sites for hydroxylation is 2. The largest absolute Gasteiger partial charge is 0.339 e. The van der Waals surface area contributed by atoms with Crippen molar-refractivity contribution in [2.24, 2.45) is 13.0 Å². The van der Waals surface area contributed by atoms with Crippen LogP contribution in [0.3, 0.4) is 0 Å². The van der Waals surface area contributed by atoms with Crippen LogP contribution < -0.4 is 5.32 Å². The molecule has 3 aromatic rings. The molecule has 0 aromatic carbocycles. The van der Waals surface area contributed by atoms with E-state index in [2.05, 4.69) is 32.5 Å². The maximum Gasteiger partial charge on any atom is 0.246 e. The lowest BCUT2D eigenvalue weighted by Crippen LogP contribution is -2.38. The van der Waals surface area contributed by atoms with Crippen LogP contribution in [0.25, 0.3) is 6.08 Å². The van der Waals surface area contributed by atoms with Crippen molar-refractivity contribution >= 4 is 23.6 Å². The molecular formula is C24H28N6O. The molecule has 31 heavy (non-hydrogen) atoms. The molecule has 1 saturated heterocycles. The van der Waals surface area contributed by atoms with E-state index in [0.717, 1.165) is 55.4 Å². The van der Waals surface area contributed by atoms with Gasteiger partial charge in [-0.1, -0.05) is 6.07 Å². The van der Waals surface area contributed by atoms with Crippen molar-refractivity contribution in [2.75, 3.05) is 18.4 Å². The Labute approximate surface area is 182 Å². The van der Waals surface area contributed by atoms with Gasteiger partial charge in [-0.05, 0) is 74.1 Å². The SMILES string of the molecule is Cc1cccc(Nc2cc(CC3CCN(C(=O)/C=C/c4ccnn4C)CC3)ccn2)n1. The summed E-state index contributed by atoms with van der Waals surface area (Å²) in [5.41, 5.74) is 3.15. The average Bonchev–Trinajstić information content (AvgIpc) is 3.17. The second kappa shape index (κ2) is 9.55. The number of likely N-dealkylation sites (tertiary alicyclic amines) is 1. The summed E-state index contributed by atoms with van der Waals surface area (Å²) in [6, 6.07) is 12.0. The number of carbonyl (C=O) groups is 1. The Kier molecular flexibility index (Phi) is 6.40. The number of hydrogen-bond acceptors (Lipinski definition) is 5. The molecule has 4 rings (SSSR count). The maximum atomic E-state index is 12.5. The second-order valence-electron chi connectivity index (χ2n) is 8.02. The van der Waals surface area contributed by atoms with E-state index in [4.69, 9.17) is 0 Å². The Morgan fingerprint density at radius 1 is 1.16 bits per heavy atom. The van der Waals surface area contributed by atoms with Gasteiger partial charge < -0.3 is 10.2 Å². The highest BCUT2D eigenvalue weighted by Gasteiger charge is 2.22. The van der Waals surface area contributed by atoms with E-state index in [0.29, 0.717) is 5.92 Å². The third kappa shape index (κ3) is 5.57. The number of nitrogens with one attached hydrogen (secondary N) is 1. The molecule has 0 unspecified atom stereocenters. The number of piperidine rings is 1. The summed E-state index contributed by atoms with van der Waals surface area (Å²) in [5, 5.41) is 7.40. The maximum absolute atomic E-state index is 12.5. The predicted octanol–water partition coefficient (Wildman–Crippen LogP) is 3.76. The first-order chi connectivity index (χ1) is 15.1. The van der Waals surface area contributed by atoms with Crippen LogP contribution in [0, 0.1) is 12.8 Å². The third-order valence-electron chi connectivity index (χ3n) is 5.67. The molecule has 1 fully saturated rings. The molecule has 0 aliphatic carbocycles. The van der Waals surface area contributed by atoms with E-state index < -0.39 is 0 Å². The van der Waals surface area contributed by atoms with Gasteiger partial charge in [0.1, 0.15) is 11.6 Å². The fraction of sp³-hybridized carbons (Fsp3) is 0.333. The van der Waals surface area contributed by atoms with E-state index in [-0.39, 0.29) is 5.91 Å². The van der Waals surface area contributed by atoms with Crippen LogP contribution >= 0.6 is 0 Å². The van der Waals surface area contributed by atoms with Crippen LogP contribution in [0.4, 0.5) is 11.6 Å². The Bertz CT molecular complexity index is 1070. The predicted molar refractivity (Wildman–Crippen MR) is 122 cm³/mol. The quantitative estimate of drug-likeness (QED) is 0.619. The summed E-state index contributed by atoms with van der Waals surface area (Å²) in [6.45, 7) is 3.56. The summed E-state index contributed by atoms with van der Waals surface area (Å²) >= 11 is 0. The minimum atomic E-state index is 0.0701. The number of amides is 1. The van der Waals surface area contributed by atoms with Crippen LogP contribution in [-0.2, 0) is 18.3 Å². The molecule has 1 aliphatic rings. The van der Waals surface area contributed by atoms with Gasteiger partial charge in [0.2, 0.25) is 5.91 Å². The summed E-state index contributed by atoms with van der Waals surface area (Å²) in [4.78, 5) is 23.3. The van der Waals surface area contributed by atoms with E-state index >= 15 is 0 Å². The van der Waals surface area contributed by atoms with Gasteiger partial charge in [-0.15, -0.1) is 0 Å². The zero-order valence-corrected chi connectivity index (χ0v) is 18.0. The van der Waals surface area contributed by atoms with E-state index in [9.17, 15) is 4.79 Å². The van der Waals surface area contributed by atoms with E-state index in [1.54, 1.807) is 17.0 Å². The molecule has 0 saturated carbocycles. The monoisotopic (exact) mass is 416 g/mol. The van der Waals surface area contributed by atoms with Crippen molar-refractivity contribution in [3.63, 3.8) is 0 Å². The fourth-order valence-electron chi connectivity index (χ4n) is 3.91. The molecule has 7 nitrogen and oxygen atoms in total. The van der Waals surface area contributed by atoms with Gasteiger partial charge in [0, 0.05) is 44.3 Å². The highest BCUT2D eigenvalue weighted by atomic mass is 16.2. The van der Waals surface area contributed by atoms with Crippen LogP contribution in [0.2, 0.25) is 0 Å². The number of rotatable bonds is 6. The number of aromatic nitrogens is 4. The molecule has 0 radical (unpaired) electrons. The Hall–Kier alpha value is -3.48. The Balaban J connectivity index is 1.29. The van der Waals surface area contributed by atoms with Crippen LogP contribution in [-0.4, -0.2) is 43.6 Å². The molecule has 1 N–H and O–H groups in total. The molecule has 1 aliphatic heterocycles. The molecule has 3 aromatic heterocycles. The number of nitrogens with zero attached hydrogens (tertiary/aromatic N) is 5. The second-order valence-corrected chi connectivity index (χ2v) is 8.02. The molecule has 0 spiro atoms. The van der Waals surface area contributed by atoms with Crippen molar-refractivity contribution in [1.82, 2.24) is 24.6 Å². The first-order valence-corrected chi connectivity index (χ1v) is 10.7. The third-order valence-corrected chi connectivity index (χ3v) is 5.67. The first-order valence-electron chi connectivity index (χ1n) is 10.7. The number of carbonyl (C=O) groups excluding carboxylic acids is 1. The number of anilines is 2. The van der Waals surface area contributed by atoms with Crippen molar-refractivity contribution in [2.45, 2.75) is 26.2 Å². The standard InChI is InChI=1S/C24H28N6O/c1-18-4-3-5-22(27-18)28-23-17-20(8-12-25-23)16-19-10-14-30(15-11-19)24(31)7-6-21-9-13-26-29(21)2/h3-9,12-13,17,19H,10-11,14-16H2,1-2H3,(H,25,27,28)/b7-6+.